The molecule has 116 valence electrons. The number of carbonyl (C=O) groups excluding carboxylic acids is 1. The Morgan fingerprint density at radius 2 is 1.77 bits per heavy atom. The minimum Gasteiger partial charge on any atom is -0.352 e. The highest BCUT2D eigenvalue weighted by molar-refractivity contribution is 5.93. The molecule has 7 heteroatoms. The molecule has 1 aromatic carbocycles. The molecule has 0 unspecified atom stereocenters. The molecule has 22 heavy (non-hydrogen) atoms. The number of benzene rings is 1. The Bertz CT molecular complexity index is 636. The van der Waals surface area contributed by atoms with Gasteiger partial charge in [-0.25, -0.2) is 4.39 Å². The molecule has 0 saturated carbocycles. The molecule has 0 radical (unpaired) electrons. The summed E-state index contributed by atoms with van der Waals surface area (Å²) >= 11 is 0. The highest BCUT2D eigenvalue weighted by atomic mass is 19.4. The highest BCUT2D eigenvalue weighted by Gasteiger charge is 2.32. The number of hydrogen-bond donors (Lipinski definition) is 1. The molecule has 0 atom stereocenters. The molecule has 2 aromatic rings. The fourth-order valence-electron chi connectivity index (χ4n) is 1.77. The number of pyridine rings is 1. The summed E-state index contributed by atoms with van der Waals surface area (Å²) in [4.78, 5) is 15.0. The van der Waals surface area contributed by atoms with Crippen LogP contribution in [0.15, 0.2) is 42.6 Å². The molecular formula is C15H12F4N2O. The monoisotopic (exact) mass is 312 g/mol. The first-order valence-electron chi connectivity index (χ1n) is 6.42. The van der Waals surface area contributed by atoms with Crippen molar-refractivity contribution in [3.05, 3.63) is 65.2 Å². The zero-order valence-electron chi connectivity index (χ0n) is 11.3. The van der Waals surface area contributed by atoms with E-state index >= 15 is 0 Å². The van der Waals surface area contributed by atoms with Crippen molar-refractivity contribution in [3.8, 4) is 0 Å². The molecule has 0 aliphatic heterocycles. The van der Waals surface area contributed by atoms with Crippen LogP contribution in [-0.2, 0) is 12.6 Å². The van der Waals surface area contributed by atoms with Crippen LogP contribution >= 0.6 is 0 Å². The molecular weight excluding hydrogens is 300 g/mol. The van der Waals surface area contributed by atoms with Crippen LogP contribution < -0.4 is 5.32 Å². The number of amides is 1. The first kappa shape index (κ1) is 15.9. The summed E-state index contributed by atoms with van der Waals surface area (Å²) in [5.41, 5.74) is -0.158. The van der Waals surface area contributed by atoms with Crippen molar-refractivity contribution in [1.82, 2.24) is 10.3 Å². The smallest absolute Gasteiger partial charge is 0.352 e. The van der Waals surface area contributed by atoms with Crippen molar-refractivity contribution in [2.75, 3.05) is 6.54 Å². The number of nitrogens with zero attached hydrogens (tertiary/aromatic N) is 1. The Morgan fingerprint density at radius 3 is 2.32 bits per heavy atom. The van der Waals surface area contributed by atoms with Gasteiger partial charge in [0.05, 0.1) is 5.56 Å². The molecule has 2 rings (SSSR count). The van der Waals surface area contributed by atoms with Gasteiger partial charge in [0.2, 0.25) is 0 Å². The van der Waals surface area contributed by atoms with E-state index in [4.69, 9.17) is 0 Å². The predicted molar refractivity (Wildman–Crippen MR) is 71.7 cm³/mol. The van der Waals surface area contributed by atoms with E-state index in [0.717, 1.165) is 23.9 Å². The molecule has 1 heterocycles. The second-order valence-corrected chi connectivity index (χ2v) is 4.56. The van der Waals surface area contributed by atoms with Crippen molar-refractivity contribution in [3.63, 3.8) is 0 Å². The first-order chi connectivity index (χ1) is 10.4. The molecule has 0 aliphatic rings. The average Bonchev–Trinajstić information content (AvgIpc) is 2.48. The fraction of sp³-hybridized carbons (Fsp3) is 0.200. The van der Waals surface area contributed by atoms with Crippen LogP contribution in [0.3, 0.4) is 0 Å². The van der Waals surface area contributed by atoms with E-state index in [1.807, 2.05) is 0 Å². The van der Waals surface area contributed by atoms with Crippen molar-refractivity contribution in [1.29, 1.82) is 0 Å². The first-order valence-corrected chi connectivity index (χ1v) is 6.42. The van der Waals surface area contributed by atoms with Crippen molar-refractivity contribution in [2.45, 2.75) is 12.6 Å². The summed E-state index contributed by atoms with van der Waals surface area (Å²) in [5, 5.41) is 2.57. The van der Waals surface area contributed by atoms with Crippen LogP contribution in [0, 0.1) is 5.82 Å². The molecule has 0 saturated heterocycles. The number of rotatable bonds is 4. The van der Waals surface area contributed by atoms with Crippen LogP contribution in [0.1, 0.15) is 21.6 Å². The minimum absolute atomic E-state index is 0.0482. The van der Waals surface area contributed by atoms with Gasteiger partial charge in [-0.1, -0.05) is 12.1 Å². The zero-order valence-corrected chi connectivity index (χ0v) is 11.3. The van der Waals surface area contributed by atoms with Gasteiger partial charge in [0.15, 0.2) is 0 Å². The van der Waals surface area contributed by atoms with Crippen molar-refractivity contribution >= 4 is 5.91 Å². The largest absolute Gasteiger partial charge is 0.433 e. The highest BCUT2D eigenvalue weighted by Crippen LogP contribution is 2.27. The second kappa shape index (κ2) is 6.55. The number of alkyl halides is 3. The quantitative estimate of drug-likeness (QED) is 0.881. The third kappa shape index (κ3) is 4.28. The minimum atomic E-state index is -4.53. The Hall–Kier alpha value is -2.44. The number of nitrogens with one attached hydrogen (secondary N) is 1. The van der Waals surface area contributed by atoms with Gasteiger partial charge >= 0.3 is 6.18 Å². The van der Waals surface area contributed by atoms with Crippen LogP contribution in [0.4, 0.5) is 17.6 Å². The number of carbonyl (C=O) groups is 1. The normalized spacial score (nSPS) is 11.3. The Labute approximate surface area is 124 Å². The third-order valence-corrected chi connectivity index (χ3v) is 2.93. The lowest BCUT2D eigenvalue weighted by atomic mass is 10.1. The topological polar surface area (TPSA) is 42.0 Å². The van der Waals surface area contributed by atoms with E-state index in [2.05, 4.69) is 10.3 Å². The van der Waals surface area contributed by atoms with Crippen LogP contribution in [0.5, 0.6) is 0 Å². The van der Waals surface area contributed by atoms with E-state index in [1.165, 1.54) is 12.1 Å². The maximum atomic E-state index is 12.7. The summed E-state index contributed by atoms with van der Waals surface area (Å²) in [6.45, 7) is 0.283. The predicted octanol–water partition coefficient (Wildman–Crippen LogP) is 3.21. The van der Waals surface area contributed by atoms with Crippen LogP contribution in [0.2, 0.25) is 0 Å². The second-order valence-electron chi connectivity index (χ2n) is 4.56. The number of hydrogen-bond acceptors (Lipinski definition) is 2. The maximum Gasteiger partial charge on any atom is 0.433 e. The molecule has 0 spiro atoms. The van der Waals surface area contributed by atoms with Gasteiger partial charge in [-0.2, -0.15) is 13.2 Å². The van der Waals surface area contributed by atoms with Gasteiger partial charge in [0.1, 0.15) is 11.5 Å². The van der Waals surface area contributed by atoms with Crippen LogP contribution in [-0.4, -0.2) is 17.4 Å². The van der Waals surface area contributed by atoms with Gasteiger partial charge < -0.3 is 5.32 Å². The molecule has 3 nitrogen and oxygen atoms in total. The van der Waals surface area contributed by atoms with Gasteiger partial charge in [-0.15, -0.1) is 0 Å². The standard InChI is InChI=1S/C15H12F4N2O/c16-12-4-1-10(2-5-12)7-8-20-14(22)11-3-6-13(21-9-11)15(17,18)19/h1-6,9H,7-8H2,(H,20,22). The van der Waals surface area contributed by atoms with Gasteiger partial charge in [0.25, 0.3) is 5.91 Å². The SMILES string of the molecule is O=C(NCCc1ccc(F)cc1)c1ccc(C(F)(F)F)nc1. The lowest BCUT2D eigenvalue weighted by Crippen LogP contribution is -2.26. The lowest BCUT2D eigenvalue weighted by Gasteiger charge is -2.07. The molecule has 0 bridgehead atoms. The fourth-order valence-corrected chi connectivity index (χ4v) is 1.77. The number of aromatic nitrogens is 1. The lowest BCUT2D eigenvalue weighted by molar-refractivity contribution is -0.141. The van der Waals surface area contributed by atoms with E-state index < -0.39 is 17.8 Å². The van der Waals surface area contributed by atoms with E-state index in [-0.39, 0.29) is 17.9 Å². The Balaban J connectivity index is 1.88. The van der Waals surface area contributed by atoms with E-state index in [0.29, 0.717) is 6.42 Å². The summed E-state index contributed by atoms with van der Waals surface area (Å²) in [5.74, 6) is -0.855. The average molecular weight is 312 g/mol. The molecule has 1 aromatic heterocycles. The van der Waals surface area contributed by atoms with Crippen LogP contribution in [0.25, 0.3) is 0 Å². The van der Waals surface area contributed by atoms with Gasteiger partial charge in [-0.3, -0.25) is 9.78 Å². The summed E-state index contributed by atoms with van der Waals surface area (Å²) < 4.78 is 49.8. The third-order valence-electron chi connectivity index (χ3n) is 2.93. The molecule has 0 fully saturated rings. The zero-order chi connectivity index (χ0) is 16.2. The van der Waals surface area contributed by atoms with Crippen molar-refractivity contribution in [2.24, 2.45) is 0 Å². The van der Waals surface area contributed by atoms with Crippen molar-refractivity contribution < 1.29 is 22.4 Å². The van der Waals surface area contributed by atoms with E-state index in [1.54, 1.807) is 12.1 Å². The molecule has 1 amide bonds. The maximum absolute atomic E-state index is 12.7. The summed E-state index contributed by atoms with van der Waals surface area (Å²) in [6.07, 6.45) is -3.16. The summed E-state index contributed by atoms with van der Waals surface area (Å²) in [6, 6.07) is 7.66. The summed E-state index contributed by atoms with van der Waals surface area (Å²) in [7, 11) is 0. The van der Waals surface area contributed by atoms with E-state index in [9.17, 15) is 22.4 Å². The molecule has 0 aliphatic carbocycles. The Kier molecular flexibility index (Phi) is 4.75. The van der Waals surface area contributed by atoms with Gasteiger partial charge in [-0.05, 0) is 36.2 Å². The van der Waals surface area contributed by atoms with Gasteiger partial charge in [0, 0.05) is 12.7 Å². The Morgan fingerprint density at radius 1 is 1.09 bits per heavy atom. The number of halogens is 4. The molecule has 1 N–H and O–H groups in total.